The summed E-state index contributed by atoms with van der Waals surface area (Å²) in [5.41, 5.74) is 5.65. The molecule has 0 fully saturated rings. The molecule has 0 radical (unpaired) electrons. The van der Waals surface area contributed by atoms with E-state index in [1.54, 1.807) is 0 Å². The summed E-state index contributed by atoms with van der Waals surface area (Å²) in [6, 6.07) is 5.07. The predicted molar refractivity (Wildman–Crippen MR) is 65.6 cm³/mol. The summed E-state index contributed by atoms with van der Waals surface area (Å²) in [6.45, 7) is 5.49. The highest BCUT2D eigenvalue weighted by atomic mass is 15.1. The number of nitrogens with zero attached hydrogens (tertiary/aromatic N) is 1. The van der Waals surface area contributed by atoms with Gasteiger partial charge >= 0.3 is 0 Å². The van der Waals surface area contributed by atoms with Crippen molar-refractivity contribution in [3.05, 3.63) is 28.8 Å². The molecule has 0 saturated carbocycles. The Morgan fingerprint density at radius 2 is 2.07 bits per heavy atom. The van der Waals surface area contributed by atoms with Crippen molar-refractivity contribution in [3.8, 4) is 0 Å². The molecule has 15 heavy (non-hydrogen) atoms. The van der Waals surface area contributed by atoms with Crippen molar-refractivity contribution in [2.24, 2.45) is 0 Å². The van der Waals surface area contributed by atoms with Crippen LogP contribution in [0.15, 0.2) is 12.1 Å². The molecule has 1 aromatic rings. The summed E-state index contributed by atoms with van der Waals surface area (Å²) in [6.07, 6.45) is 1.16. The number of fused-ring (bicyclic) bond motifs is 1. The first-order valence-corrected chi connectivity index (χ1v) is 5.58. The highest BCUT2D eigenvalue weighted by molar-refractivity contribution is 5.64. The van der Waals surface area contributed by atoms with Crippen molar-refractivity contribution in [2.75, 3.05) is 26.0 Å². The second-order valence-corrected chi connectivity index (χ2v) is 4.85. The SMILES string of the molecule is Cc1ccc2c(c1C)NC(CN(C)C)C2. The van der Waals surface area contributed by atoms with E-state index in [9.17, 15) is 0 Å². The maximum Gasteiger partial charge on any atom is 0.0429 e. The van der Waals surface area contributed by atoms with Gasteiger partial charge in [0, 0.05) is 18.3 Å². The number of hydrogen-bond acceptors (Lipinski definition) is 2. The molecule has 0 bridgehead atoms. The van der Waals surface area contributed by atoms with Crippen LogP contribution in [0.25, 0.3) is 0 Å². The molecule has 2 nitrogen and oxygen atoms in total. The lowest BCUT2D eigenvalue weighted by molar-refractivity contribution is 0.386. The number of nitrogens with one attached hydrogen (secondary N) is 1. The second kappa shape index (κ2) is 3.86. The van der Waals surface area contributed by atoms with Gasteiger partial charge in [-0.15, -0.1) is 0 Å². The van der Waals surface area contributed by atoms with E-state index in [-0.39, 0.29) is 0 Å². The molecule has 1 N–H and O–H groups in total. The van der Waals surface area contributed by atoms with Crippen LogP contribution in [0.4, 0.5) is 5.69 Å². The van der Waals surface area contributed by atoms with E-state index >= 15 is 0 Å². The van der Waals surface area contributed by atoms with E-state index < -0.39 is 0 Å². The Balaban J connectivity index is 2.20. The van der Waals surface area contributed by atoms with Crippen molar-refractivity contribution >= 4 is 5.69 Å². The summed E-state index contributed by atoms with van der Waals surface area (Å²) in [4.78, 5) is 2.24. The van der Waals surface area contributed by atoms with E-state index in [0.717, 1.165) is 13.0 Å². The fourth-order valence-electron chi connectivity index (χ4n) is 2.31. The van der Waals surface area contributed by atoms with Crippen LogP contribution in [-0.2, 0) is 6.42 Å². The molecule has 2 rings (SSSR count). The smallest absolute Gasteiger partial charge is 0.0429 e. The Kier molecular flexibility index (Phi) is 2.70. The second-order valence-electron chi connectivity index (χ2n) is 4.85. The lowest BCUT2D eigenvalue weighted by Crippen LogP contribution is -2.30. The van der Waals surface area contributed by atoms with Gasteiger partial charge in [-0.05, 0) is 51.1 Å². The van der Waals surface area contributed by atoms with Gasteiger partial charge in [0.1, 0.15) is 0 Å². The average Bonchev–Trinajstić information content (AvgIpc) is 2.54. The fourth-order valence-corrected chi connectivity index (χ4v) is 2.31. The Labute approximate surface area is 92.3 Å². The molecule has 1 atom stereocenters. The number of rotatable bonds is 2. The highest BCUT2D eigenvalue weighted by Gasteiger charge is 2.22. The summed E-state index contributed by atoms with van der Waals surface area (Å²) in [7, 11) is 4.26. The predicted octanol–water partition coefficient (Wildman–Crippen LogP) is 2.20. The third-order valence-electron chi connectivity index (χ3n) is 3.22. The maximum absolute atomic E-state index is 3.63. The van der Waals surface area contributed by atoms with Gasteiger partial charge in [-0.25, -0.2) is 0 Å². The third kappa shape index (κ3) is 2.00. The van der Waals surface area contributed by atoms with Crippen LogP contribution in [-0.4, -0.2) is 31.6 Å². The molecule has 1 aromatic carbocycles. The number of benzene rings is 1. The molecule has 1 unspecified atom stereocenters. The van der Waals surface area contributed by atoms with Gasteiger partial charge in [0.15, 0.2) is 0 Å². The molecule has 1 aliphatic heterocycles. The summed E-state index contributed by atoms with van der Waals surface area (Å²) in [5, 5.41) is 3.63. The average molecular weight is 204 g/mol. The first-order valence-electron chi connectivity index (χ1n) is 5.58. The highest BCUT2D eigenvalue weighted by Crippen LogP contribution is 2.31. The summed E-state index contributed by atoms with van der Waals surface area (Å²) in [5.74, 6) is 0. The molecule has 0 aromatic heterocycles. The number of aryl methyl sites for hydroxylation is 1. The Morgan fingerprint density at radius 3 is 2.73 bits per heavy atom. The molecule has 82 valence electrons. The normalized spacial score (nSPS) is 19.1. The van der Waals surface area contributed by atoms with Crippen LogP contribution in [0.2, 0.25) is 0 Å². The van der Waals surface area contributed by atoms with Gasteiger partial charge in [0.2, 0.25) is 0 Å². The van der Waals surface area contributed by atoms with Crippen molar-refractivity contribution in [1.82, 2.24) is 4.90 Å². The largest absolute Gasteiger partial charge is 0.380 e. The van der Waals surface area contributed by atoms with Gasteiger partial charge < -0.3 is 10.2 Å². The Morgan fingerprint density at radius 1 is 1.33 bits per heavy atom. The van der Waals surface area contributed by atoms with E-state index in [1.165, 1.54) is 22.4 Å². The Bertz CT molecular complexity index is 369. The third-order valence-corrected chi connectivity index (χ3v) is 3.22. The van der Waals surface area contributed by atoms with Crippen molar-refractivity contribution < 1.29 is 0 Å². The van der Waals surface area contributed by atoms with Crippen LogP contribution in [0, 0.1) is 13.8 Å². The number of anilines is 1. The lowest BCUT2D eigenvalue weighted by Gasteiger charge is -2.17. The standard InChI is InChI=1S/C13H20N2/c1-9-5-6-11-7-12(8-15(3)4)14-13(11)10(9)2/h5-6,12,14H,7-8H2,1-4H3. The zero-order chi connectivity index (χ0) is 11.0. The molecule has 2 heteroatoms. The van der Waals surface area contributed by atoms with Crippen molar-refractivity contribution in [3.63, 3.8) is 0 Å². The molecular formula is C13H20N2. The zero-order valence-corrected chi connectivity index (χ0v) is 10.1. The van der Waals surface area contributed by atoms with Gasteiger partial charge in [-0.1, -0.05) is 12.1 Å². The monoisotopic (exact) mass is 204 g/mol. The molecule has 1 aliphatic rings. The van der Waals surface area contributed by atoms with Gasteiger partial charge in [-0.2, -0.15) is 0 Å². The topological polar surface area (TPSA) is 15.3 Å². The molecule has 0 aliphatic carbocycles. The summed E-state index contributed by atoms with van der Waals surface area (Å²) >= 11 is 0. The zero-order valence-electron chi connectivity index (χ0n) is 10.1. The molecule has 0 amide bonds. The number of hydrogen-bond donors (Lipinski definition) is 1. The molecular weight excluding hydrogens is 184 g/mol. The first-order chi connectivity index (χ1) is 7.08. The Hall–Kier alpha value is -1.02. The van der Waals surface area contributed by atoms with Gasteiger partial charge in [-0.3, -0.25) is 0 Å². The van der Waals surface area contributed by atoms with E-state index in [1.807, 2.05) is 0 Å². The van der Waals surface area contributed by atoms with Crippen molar-refractivity contribution in [1.29, 1.82) is 0 Å². The molecule has 0 saturated heterocycles. The van der Waals surface area contributed by atoms with Gasteiger partial charge in [0.05, 0.1) is 0 Å². The quantitative estimate of drug-likeness (QED) is 0.794. The minimum atomic E-state index is 0.579. The van der Waals surface area contributed by atoms with Crippen LogP contribution in [0.3, 0.4) is 0 Å². The van der Waals surface area contributed by atoms with E-state index in [2.05, 4.69) is 50.3 Å². The van der Waals surface area contributed by atoms with Crippen LogP contribution in [0.5, 0.6) is 0 Å². The van der Waals surface area contributed by atoms with E-state index in [4.69, 9.17) is 0 Å². The number of likely N-dealkylation sites (N-methyl/N-ethyl adjacent to an activating group) is 1. The first kappa shape index (κ1) is 10.5. The molecule has 0 spiro atoms. The van der Waals surface area contributed by atoms with E-state index in [0.29, 0.717) is 6.04 Å². The summed E-state index contributed by atoms with van der Waals surface area (Å²) < 4.78 is 0. The van der Waals surface area contributed by atoms with Crippen LogP contribution < -0.4 is 5.32 Å². The van der Waals surface area contributed by atoms with Crippen LogP contribution in [0.1, 0.15) is 16.7 Å². The molecule has 1 heterocycles. The maximum atomic E-state index is 3.63. The fraction of sp³-hybridized carbons (Fsp3) is 0.538. The minimum Gasteiger partial charge on any atom is -0.380 e. The van der Waals surface area contributed by atoms with Crippen LogP contribution >= 0.6 is 0 Å². The van der Waals surface area contributed by atoms with Gasteiger partial charge in [0.25, 0.3) is 0 Å². The minimum absolute atomic E-state index is 0.579. The lowest BCUT2D eigenvalue weighted by atomic mass is 10.0. The van der Waals surface area contributed by atoms with Crippen molar-refractivity contribution in [2.45, 2.75) is 26.3 Å².